The number of piperidine rings is 1. The maximum Gasteiger partial charge on any atom is 0.312 e. The zero-order valence-electron chi connectivity index (χ0n) is 17.5. The van der Waals surface area contributed by atoms with E-state index in [-0.39, 0.29) is 18.1 Å². The molecule has 2 aromatic rings. The Morgan fingerprint density at radius 1 is 1.19 bits per heavy atom. The number of nitrogens with zero attached hydrogens (tertiary/aromatic N) is 4. The highest BCUT2D eigenvalue weighted by Crippen LogP contribution is 2.28. The lowest BCUT2D eigenvalue weighted by Crippen LogP contribution is -2.42. The molecule has 2 atom stereocenters. The monoisotopic (exact) mass is 428 g/mol. The molecule has 31 heavy (non-hydrogen) atoms. The number of ether oxygens (including phenoxy) is 2. The van der Waals surface area contributed by atoms with Gasteiger partial charge in [-0.15, -0.1) is 0 Å². The first kappa shape index (κ1) is 21.3. The van der Waals surface area contributed by atoms with Gasteiger partial charge in [-0.1, -0.05) is 0 Å². The molecule has 1 N–H and O–H groups in total. The lowest BCUT2D eigenvalue weighted by atomic mass is 9.98. The number of aromatic nitrogens is 3. The zero-order valence-corrected chi connectivity index (χ0v) is 17.5. The van der Waals surface area contributed by atoms with Gasteiger partial charge in [-0.25, -0.2) is 4.68 Å². The normalized spacial score (nSPS) is 21.6. The van der Waals surface area contributed by atoms with Crippen LogP contribution < -0.4 is 4.74 Å². The van der Waals surface area contributed by atoms with E-state index in [0.717, 1.165) is 50.1 Å². The van der Waals surface area contributed by atoms with Crippen molar-refractivity contribution in [3.8, 4) is 17.1 Å². The Balaban J connectivity index is 1.33. The Hall–Kier alpha value is -2.94. The molecule has 0 bridgehead atoms. The van der Waals surface area contributed by atoms with Gasteiger partial charge in [0.15, 0.2) is 6.23 Å². The summed E-state index contributed by atoms with van der Waals surface area (Å²) in [6.45, 7) is 2.35. The maximum absolute atomic E-state index is 12.0. The molecule has 2 saturated heterocycles. The van der Waals surface area contributed by atoms with E-state index in [9.17, 15) is 9.59 Å². The van der Waals surface area contributed by atoms with E-state index in [4.69, 9.17) is 14.6 Å². The molecule has 166 valence electrons. The number of hydrogen-bond acceptors (Lipinski definition) is 6. The van der Waals surface area contributed by atoms with Gasteiger partial charge >= 0.3 is 5.97 Å². The average Bonchev–Trinajstić information content (AvgIpc) is 3.28. The summed E-state index contributed by atoms with van der Waals surface area (Å²) >= 11 is 0. The van der Waals surface area contributed by atoms with E-state index in [1.54, 1.807) is 17.3 Å². The first-order valence-corrected chi connectivity index (χ1v) is 10.8. The molecule has 9 nitrogen and oxygen atoms in total. The molecule has 0 saturated carbocycles. The van der Waals surface area contributed by atoms with Gasteiger partial charge in [0.05, 0.1) is 24.2 Å². The third-order valence-corrected chi connectivity index (χ3v) is 5.76. The number of carboxylic acids is 1. The number of carbonyl (C=O) groups is 2. The number of amides is 1. The number of likely N-dealkylation sites (tertiary alicyclic amines) is 1. The van der Waals surface area contributed by atoms with Gasteiger partial charge in [0.25, 0.3) is 0 Å². The summed E-state index contributed by atoms with van der Waals surface area (Å²) in [6.07, 6.45) is 7.92. The number of aliphatic carboxylic acids is 1. The number of pyridine rings is 1. The minimum Gasteiger partial charge on any atom is -0.492 e. The van der Waals surface area contributed by atoms with Crippen molar-refractivity contribution in [2.75, 3.05) is 26.3 Å². The van der Waals surface area contributed by atoms with E-state index in [0.29, 0.717) is 25.4 Å². The fourth-order valence-electron chi connectivity index (χ4n) is 4.16. The molecule has 4 heterocycles. The highest BCUT2D eigenvalue weighted by Gasteiger charge is 2.25. The largest absolute Gasteiger partial charge is 0.492 e. The molecule has 2 fully saturated rings. The van der Waals surface area contributed by atoms with E-state index in [2.05, 4.69) is 10.1 Å². The third-order valence-electron chi connectivity index (χ3n) is 5.76. The second kappa shape index (κ2) is 9.91. The second-order valence-corrected chi connectivity index (χ2v) is 8.09. The van der Waals surface area contributed by atoms with Crippen LogP contribution in [0.4, 0.5) is 0 Å². The summed E-state index contributed by atoms with van der Waals surface area (Å²) < 4.78 is 13.7. The van der Waals surface area contributed by atoms with Crippen molar-refractivity contribution in [1.82, 2.24) is 19.7 Å². The fourth-order valence-corrected chi connectivity index (χ4v) is 4.16. The number of carboxylic acid groups (broad SMARTS) is 1. The van der Waals surface area contributed by atoms with Gasteiger partial charge in [0.2, 0.25) is 5.91 Å². The number of rotatable bonds is 7. The molecule has 0 aromatic carbocycles. The molecule has 2 aliphatic rings. The lowest BCUT2D eigenvalue weighted by molar-refractivity contribution is -0.145. The molecular formula is C22H28N4O5. The first-order valence-electron chi connectivity index (χ1n) is 10.8. The van der Waals surface area contributed by atoms with Crippen molar-refractivity contribution in [1.29, 1.82) is 0 Å². The first-order chi connectivity index (χ1) is 15.1. The maximum atomic E-state index is 12.0. The van der Waals surface area contributed by atoms with Crippen molar-refractivity contribution >= 4 is 11.9 Å². The topological polar surface area (TPSA) is 107 Å². The van der Waals surface area contributed by atoms with Crippen LogP contribution >= 0.6 is 0 Å². The van der Waals surface area contributed by atoms with Gasteiger partial charge in [0.1, 0.15) is 12.2 Å². The number of hydrogen-bond donors (Lipinski definition) is 1. The molecular weight excluding hydrogens is 400 g/mol. The summed E-state index contributed by atoms with van der Waals surface area (Å²) in [5.41, 5.74) is 1.72. The number of carbonyl (C=O) groups excluding carboxylic acids is 1. The molecule has 1 unspecified atom stereocenters. The molecule has 0 spiro atoms. The van der Waals surface area contributed by atoms with E-state index >= 15 is 0 Å². The molecule has 2 aromatic heterocycles. The van der Waals surface area contributed by atoms with Crippen LogP contribution in [0.1, 0.15) is 44.8 Å². The van der Waals surface area contributed by atoms with Gasteiger partial charge in [-0.2, -0.15) is 5.10 Å². The SMILES string of the molecule is O=C(O)CC(=O)N1CCC[C@@H](COc2ccc(-c3ccnn3C3CCCCO3)nc2)C1. The predicted octanol–water partition coefficient (Wildman–Crippen LogP) is 2.74. The van der Waals surface area contributed by atoms with Crippen molar-refractivity contribution < 1.29 is 24.2 Å². The summed E-state index contributed by atoms with van der Waals surface area (Å²) in [7, 11) is 0. The van der Waals surface area contributed by atoms with Gasteiger partial charge in [0, 0.05) is 31.8 Å². The molecule has 2 aliphatic heterocycles. The van der Waals surface area contributed by atoms with Crippen LogP contribution in [0.25, 0.3) is 11.4 Å². The predicted molar refractivity (Wildman–Crippen MR) is 111 cm³/mol. The van der Waals surface area contributed by atoms with Crippen LogP contribution in [0.5, 0.6) is 5.75 Å². The highest BCUT2D eigenvalue weighted by molar-refractivity contribution is 5.93. The minimum absolute atomic E-state index is 0.0467. The minimum atomic E-state index is -1.09. The third kappa shape index (κ3) is 5.41. The van der Waals surface area contributed by atoms with Crippen LogP contribution in [0.2, 0.25) is 0 Å². The molecule has 4 rings (SSSR count). The fraction of sp³-hybridized carbons (Fsp3) is 0.545. The Morgan fingerprint density at radius 3 is 2.84 bits per heavy atom. The van der Waals surface area contributed by atoms with Crippen LogP contribution in [-0.2, 0) is 14.3 Å². The molecule has 1 amide bonds. The Labute approximate surface area is 181 Å². The van der Waals surface area contributed by atoms with Crippen molar-refractivity contribution in [2.45, 2.75) is 44.8 Å². The highest BCUT2D eigenvalue weighted by atomic mass is 16.5. The van der Waals surface area contributed by atoms with Gasteiger partial charge < -0.3 is 19.5 Å². The second-order valence-electron chi connectivity index (χ2n) is 8.09. The average molecular weight is 428 g/mol. The van der Waals surface area contributed by atoms with E-state index in [1.807, 2.05) is 22.9 Å². The van der Waals surface area contributed by atoms with Crippen molar-refractivity contribution in [2.24, 2.45) is 5.92 Å². The molecule has 0 aliphatic carbocycles. The zero-order chi connectivity index (χ0) is 21.6. The lowest BCUT2D eigenvalue weighted by Gasteiger charge is -2.32. The van der Waals surface area contributed by atoms with Crippen LogP contribution in [0, 0.1) is 5.92 Å². The Kier molecular flexibility index (Phi) is 6.81. The van der Waals surface area contributed by atoms with Gasteiger partial charge in [-0.05, 0) is 50.3 Å². The quantitative estimate of drug-likeness (QED) is 0.676. The van der Waals surface area contributed by atoms with Crippen LogP contribution in [0.3, 0.4) is 0 Å². The Morgan fingerprint density at radius 2 is 2.10 bits per heavy atom. The summed E-state index contributed by atoms with van der Waals surface area (Å²) in [6, 6.07) is 5.73. The standard InChI is InChI=1S/C22H28N4O5/c27-20(12-22(28)29)25-10-3-4-16(14-25)15-31-17-6-7-18(23-13-17)19-8-9-24-26(19)21-5-1-2-11-30-21/h6-9,13,16,21H,1-5,10-12,14-15H2,(H,28,29)/t16-,21?/m1/s1. The summed E-state index contributed by atoms with van der Waals surface area (Å²) in [5.74, 6) is -0.582. The van der Waals surface area contributed by atoms with Crippen molar-refractivity contribution in [3.63, 3.8) is 0 Å². The van der Waals surface area contributed by atoms with Crippen LogP contribution in [-0.4, -0.2) is 63.0 Å². The summed E-state index contributed by atoms with van der Waals surface area (Å²) in [4.78, 5) is 28.9. The Bertz CT molecular complexity index is 892. The van der Waals surface area contributed by atoms with Crippen molar-refractivity contribution in [3.05, 3.63) is 30.6 Å². The summed E-state index contributed by atoms with van der Waals surface area (Å²) in [5, 5.41) is 13.2. The molecule has 0 radical (unpaired) electrons. The smallest absolute Gasteiger partial charge is 0.312 e. The van der Waals surface area contributed by atoms with E-state index in [1.165, 1.54) is 0 Å². The van der Waals surface area contributed by atoms with Crippen LogP contribution in [0.15, 0.2) is 30.6 Å². The molecule has 9 heteroatoms. The van der Waals surface area contributed by atoms with E-state index < -0.39 is 12.4 Å². The van der Waals surface area contributed by atoms with Gasteiger partial charge in [-0.3, -0.25) is 14.6 Å².